The van der Waals surface area contributed by atoms with Crippen molar-refractivity contribution in [3.8, 4) is 0 Å². The van der Waals surface area contributed by atoms with Gasteiger partial charge in [-0.1, -0.05) is 40.0 Å². The first-order chi connectivity index (χ1) is 5.65. The summed E-state index contributed by atoms with van der Waals surface area (Å²) in [5, 5.41) is 11.4. The van der Waals surface area contributed by atoms with E-state index in [4.69, 9.17) is 40.0 Å². The molecule has 0 amide bonds. The van der Waals surface area contributed by atoms with Crippen LogP contribution in [0.5, 0.6) is 0 Å². The Bertz CT molecular complexity index is 327. The molecular formula is C6H3Cl3N2O. The number of pyridine rings is 1. The van der Waals surface area contributed by atoms with Crippen molar-refractivity contribution in [2.24, 2.45) is 5.16 Å². The molecule has 0 aliphatic rings. The molecule has 1 rings (SSSR count). The van der Waals surface area contributed by atoms with Crippen molar-refractivity contribution in [2.75, 3.05) is 0 Å². The van der Waals surface area contributed by atoms with Crippen LogP contribution >= 0.6 is 34.8 Å². The molecule has 3 nitrogen and oxygen atoms in total. The third-order valence-electron chi connectivity index (χ3n) is 1.12. The molecule has 0 radical (unpaired) electrons. The van der Waals surface area contributed by atoms with E-state index in [0.717, 1.165) is 0 Å². The quantitative estimate of drug-likeness (QED) is 0.346. The topological polar surface area (TPSA) is 45.5 Å². The van der Waals surface area contributed by atoms with Crippen LogP contribution in [-0.2, 0) is 0 Å². The van der Waals surface area contributed by atoms with Crippen LogP contribution in [0.3, 0.4) is 0 Å². The first kappa shape index (κ1) is 9.58. The predicted octanol–water partition coefficient (Wildman–Crippen LogP) is 2.76. The number of halogens is 3. The molecule has 0 spiro atoms. The maximum atomic E-state index is 8.30. The Labute approximate surface area is 83.6 Å². The van der Waals surface area contributed by atoms with Crippen molar-refractivity contribution in [2.45, 2.75) is 0 Å². The van der Waals surface area contributed by atoms with E-state index >= 15 is 0 Å². The smallest absolute Gasteiger partial charge is 0.176 e. The molecule has 1 heterocycles. The molecule has 1 aromatic rings. The van der Waals surface area contributed by atoms with Gasteiger partial charge in [0.2, 0.25) is 0 Å². The zero-order valence-corrected chi connectivity index (χ0v) is 7.90. The summed E-state index contributed by atoms with van der Waals surface area (Å²) in [6.07, 6.45) is 1.36. The Balaban J connectivity index is 3.13. The molecule has 0 aromatic carbocycles. The summed E-state index contributed by atoms with van der Waals surface area (Å²) in [7, 11) is 0. The molecule has 0 bridgehead atoms. The van der Waals surface area contributed by atoms with E-state index in [9.17, 15) is 0 Å². The van der Waals surface area contributed by atoms with Gasteiger partial charge in [-0.15, -0.1) is 0 Å². The first-order valence-electron chi connectivity index (χ1n) is 2.84. The number of rotatable bonds is 1. The predicted molar refractivity (Wildman–Crippen MR) is 48.4 cm³/mol. The highest BCUT2D eigenvalue weighted by Gasteiger charge is 2.04. The van der Waals surface area contributed by atoms with Crippen molar-refractivity contribution in [1.29, 1.82) is 0 Å². The van der Waals surface area contributed by atoms with Gasteiger partial charge in [-0.25, -0.2) is 4.98 Å². The Hall–Kier alpha value is -0.510. The van der Waals surface area contributed by atoms with Gasteiger partial charge in [-0.3, -0.25) is 0 Å². The molecule has 0 saturated heterocycles. The minimum atomic E-state index is -0.0823. The van der Waals surface area contributed by atoms with Crippen molar-refractivity contribution >= 4 is 40.0 Å². The van der Waals surface area contributed by atoms with Crippen LogP contribution in [0, 0.1) is 0 Å². The van der Waals surface area contributed by atoms with Gasteiger partial charge in [0.25, 0.3) is 0 Å². The number of hydrogen-bond donors (Lipinski definition) is 1. The Morgan fingerprint density at radius 2 is 2.17 bits per heavy atom. The Morgan fingerprint density at radius 1 is 1.50 bits per heavy atom. The molecule has 0 atom stereocenters. The summed E-state index contributed by atoms with van der Waals surface area (Å²) in [6.45, 7) is 0. The summed E-state index contributed by atoms with van der Waals surface area (Å²) in [4.78, 5) is 3.70. The standard InChI is InChI=1S/C6H3Cl3N2O/c7-4-1-3(5(8)11-12)2-10-6(4)9/h1-2,12H. The van der Waals surface area contributed by atoms with Crippen LogP contribution in [0.2, 0.25) is 10.2 Å². The van der Waals surface area contributed by atoms with Crippen LogP contribution in [0.4, 0.5) is 0 Å². The van der Waals surface area contributed by atoms with E-state index in [0.29, 0.717) is 5.56 Å². The lowest BCUT2D eigenvalue weighted by Gasteiger charge is -1.97. The second kappa shape index (κ2) is 3.94. The fraction of sp³-hybridized carbons (Fsp3) is 0. The summed E-state index contributed by atoms with van der Waals surface area (Å²) >= 11 is 16.6. The highest BCUT2D eigenvalue weighted by molar-refractivity contribution is 6.69. The van der Waals surface area contributed by atoms with Crippen LogP contribution in [-0.4, -0.2) is 15.4 Å². The fourth-order valence-electron chi connectivity index (χ4n) is 0.592. The van der Waals surface area contributed by atoms with Crippen molar-refractivity contribution in [3.05, 3.63) is 28.0 Å². The van der Waals surface area contributed by atoms with Gasteiger partial charge in [0, 0.05) is 11.8 Å². The minimum absolute atomic E-state index is 0.0823. The summed E-state index contributed by atoms with van der Waals surface area (Å²) < 4.78 is 0. The molecule has 12 heavy (non-hydrogen) atoms. The molecule has 0 fully saturated rings. The van der Waals surface area contributed by atoms with Crippen molar-refractivity contribution in [3.63, 3.8) is 0 Å². The monoisotopic (exact) mass is 224 g/mol. The molecular weight excluding hydrogens is 222 g/mol. The van der Waals surface area contributed by atoms with Gasteiger partial charge in [-0.05, 0) is 6.07 Å². The summed E-state index contributed by atoms with van der Waals surface area (Å²) in [6, 6.07) is 1.46. The highest BCUT2D eigenvalue weighted by atomic mass is 35.5. The SMILES string of the molecule is ON=C(Cl)c1cnc(Cl)c(Cl)c1. The second-order valence-corrected chi connectivity index (χ2v) is 3.01. The van der Waals surface area contributed by atoms with Gasteiger partial charge in [0.15, 0.2) is 5.17 Å². The lowest BCUT2D eigenvalue weighted by atomic mass is 10.3. The third kappa shape index (κ3) is 2.00. The average molecular weight is 225 g/mol. The fourth-order valence-corrected chi connectivity index (χ4v) is 0.965. The molecule has 64 valence electrons. The first-order valence-corrected chi connectivity index (χ1v) is 3.97. The van der Waals surface area contributed by atoms with Crippen LogP contribution in [0.1, 0.15) is 5.56 Å². The van der Waals surface area contributed by atoms with Crippen LogP contribution < -0.4 is 0 Å². The zero-order chi connectivity index (χ0) is 9.14. The van der Waals surface area contributed by atoms with E-state index in [1.54, 1.807) is 0 Å². The van der Waals surface area contributed by atoms with Crippen molar-refractivity contribution in [1.82, 2.24) is 4.98 Å². The molecule has 0 unspecified atom stereocenters. The van der Waals surface area contributed by atoms with Crippen LogP contribution in [0.25, 0.3) is 0 Å². The Kier molecular flexibility index (Phi) is 3.14. The van der Waals surface area contributed by atoms with E-state index in [1.807, 2.05) is 0 Å². The molecule has 0 aliphatic carbocycles. The molecule has 0 aliphatic heterocycles. The lowest BCUT2D eigenvalue weighted by molar-refractivity contribution is 0.321. The molecule has 6 heteroatoms. The van der Waals surface area contributed by atoms with Gasteiger partial charge in [0.1, 0.15) is 5.15 Å². The van der Waals surface area contributed by atoms with Gasteiger partial charge < -0.3 is 5.21 Å². The Morgan fingerprint density at radius 3 is 2.67 bits per heavy atom. The molecule has 0 saturated carbocycles. The van der Waals surface area contributed by atoms with Gasteiger partial charge in [-0.2, -0.15) is 0 Å². The normalized spacial score (nSPS) is 11.8. The average Bonchev–Trinajstić information content (AvgIpc) is 2.08. The van der Waals surface area contributed by atoms with E-state index in [1.165, 1.54) is 12.3 Å². The van der Waals surface area contributed by atoms with Gasteiger partial charge >= 0.3 is 0 Å². The highest BCUT2D eigenvalue weighted by Crippen LogP contribution is 2.20. The number of aromatic nitrogens is 1. The molecule has 1 N–H and O–H groups in total. The van der Waals surface area contributed by atoms with Crippen LogP contribution in [0.15, 0.2) is 17.4 Å². The zero-order valence-electron chi connectivity index (χ0n) is 5.63. The minimum Gasteiger partial charge on any atom is -0.410 e. The maximum absolute atomic E-state index is 8.30. The van der Waals surface area contributed by atoms with E-state index in [2.05, 4.69) is 10.1 Å². The summed E-state index contributed by atoms with van der Waals surface area (Å²) in [5.41, 5.74) is 0.411. The number of nitrogens with zero attached hydrogens (tertiary/aromatic N) is 2. The summed E-state index contributed by atoms with van der Waals surface area (Å²) in [5.74, 6) is 0. The van der Waals surface area contributed by atoms with E-state index < -0.39 is 0 Å². The second-order valence-electron chi connectivity index (χ2n) is 1.89. The number of oxime groups is 1. The largest absolute Gasteiger partial charge is 0.410 e. The third-order valence-corrected chi connectivity index (χ3v) is 2.10. The van der Waals surface area contributed by atoms with Crippen molar-refractivity contribution < 1.29 is 5.21 Å². The molecule has 1 aromatic heterocycles. The number of hydrogen-bond acceptors (Lipinski definition) is 3. The lowest BCUT2D eigenvalue weighted by Crippen LogP contribution is -1.92. The van der Waals surface area contributed by atoms with E-state index in [-0.39, 0.29) is 15.3 Å². The maximum Gasteiger partial charge on any atom is 0.176 e. The van der Waals surface area contributed by atoms with Gasteiger partial charge in [0.05, 0.1) is 5.02 Å².